The van der Waals surface area contributed by atoms with Gasteiger partial charge < -0.3 is 0 Å². The van der Waals surface area contributed by atoms with Gasteiger partial charge >= 0.3 is 0 Å². The van der Waals surface area contributed by atoms with E-state index in [0.717, 1.165) is 12.8 Å². The maximum absolute atomic E-state index is 3.67. The fourth-order valence-electron chi connectivity index (χ4n) is 0.519. The molecule has 0 nitrogen and oxygen atoms in total. The molecule has 0 aromatic carbocycles. The van der Waals surface area contributed by atoms with Gasteiger partial charge in [0.25, 0.3) is 0 Å². The summed E-state index contributed by atoms with van der Waals surface area (Å²) in [5.74, 6) is 0. The van der Waals surface area contributed by atoms with Gasteiger partial charge in [-0.1, -0.05) is 30.7 Å². The van der Waals surface area contributed by atoms with E-state index in [0.29, 0.717) is 0 Å². The molecule has 51 valence electrons. The zero-order chi connectivity index (χ0) is 7.11. The Labute approximate surface area is 58.3 Å². The highest BCUT2D eigenvalue weighted by Gasteiger charge is 1.78. The predicted octanol–water partition coefficient (Wildman–Crippen LogP) is 3.12. The minimum Gasteiger partial charge on any atom is -0.0885 e. The molecule has 0 spiro atoms. The van der Waals surface area contributed by atoms with Gasteiger partial charge in [-0.05, 0) is 26.7 Å². The highest BCUT2D eigenvalue weighted by atomic mass is 13.9. The van der Waals surface area contributed by atoms with Gasteiger partial charge in [0.1, 0.15) is 0 Å². The Balaban J connectivity index is 3.38. The van der Waals surface area contributed by atoms with E-state index in [4.69, 9.17) is 0 Å². The standard InChI is InChI=1S/C9H15/c1-4-6-7-8-9(3)5-2/h5-7H,2,4,8H2,1,3H3. The lowest BCUT2D eigenvalue weighted by atomic mass is 10.2. The number of allylic oxidation sites excluding steroid dienone is 4. The molecular formula is C9H15. The van der Waals surface area contributed by atoms with Crippen LogP contribution in [0.25, 0.3) is 0 Å². The smallest absolute Gasteiger partial charge is 0.0142 e. The lowest BCUT2D eigenvalue weighted by Crippen LogP contribution is -1.69. The van der Waals surface area contributed by atoms with Crippen LogP contribution in [0.3, 0.4) is 0 Å². The van der Waals surface area contributed by atoms with Crippen LogP contribution in [-0.2, 0) is 0 Å². The third kappa shape index (κ3) is 5.35. The van der Waals surface area contributed by atoms with E-state index in [1.165, 1.54) is 5.57 Å². The largest absolute Gasteiger partial charge is 0.0885 e. The SMILES string of the molecule is [CH2]C=C(C)CC=CCC. The first-order chi connectivity index (χ1) is 4.31. The summed E-state index contributed by atoms with van der Waals surface area (Å²) in [4.78, 5) is 0. The Bertz CT molecular complexity index is 107. The highest BCUT2D eigenvalue weighted by molar-refractivity contribution is 5.05. The lowest BCUT2D eigenvalue weighted by Gasteiger charge is -1.89. The van der Waals surface area contributed by atoms with Crippen LogP contribution in [0.1, 0.15) is 26.7 Å². The molecule has 0 saturated heterocycles. The molecule has 0 atom stereocenters. The van der Waals surface area contributed by atoms with Gasteiger partial charge in [0.05, 0.1) is 0 Å². The minimum atomic E-state index is 1.05. The zero-order valence-electron chi connectivity index (χ0n) is 6.35. The molecule has 1 radical (unpaired) electrons. The Kier molecular flexibility index (Phi) is 5.29. The fraction of sp³-hybridized carbons (Fsp3) is 0.444. The second-order valence-corrected chi connectivity index (χ2v) is 2.13. The molecule has 0 aliphatic carbocycles. The van der Waals surface area contributed by atoms with Gasteiger partial charge in [-0.3, -0.25) is 0 Å². The van der Waals surface area contributed by atoms with Gasteiger partial charge in [0, 0.05) is 0 Å². The summed E-state index contributed by atoms with van der Waals surface area (Å²) in [5, 5.41) is 0. The molecular weight excluding hydrogens is 108 g/mol. The molecule has 0 saturated carbocycles. The van der Waals surface area contributed by atoms with E-state index in [1.807, 2.05) is 6.08 Å². The molecule has 0 aromatic rings. The average Bonchev–Trinajstić information content (AvgIpc) is 1.89. The summed E-state index contributed by atoms with van der Waals surface area (Å²) < 4.78 is 0. The van der Waals surface area contributed by atoms with E-state index < -0.39 is 0 Å². The van der Waals surface area contributed by atoms with E-state index in [9.17, 15) is 0 Å². The molecule has 0 unspecified atom stereocenters. The van der Waals surface area contributed by atoms with Crippen molar-refractivity contribution in [3.05, 3.63) is 30.7 Å². The van der Waals surface area contributed by atoms with E-state index >= 15 is 0 Å². The van der Waals surface area contributed by atoms with Crippen molar-refractivity contribution < 1.29 is 0 Å². The lowest BCUT2D eigenvalue weighted by molar-refractivity contribution is 1.16. The van der Waals surface area contributed by atoms with Crippen molar-refractivity contribution >= 4 is 0 Å². The second-order valence-electron chi connectivity index (χ2n) is 2.13. The van der Waals surface area contributed by atoms with E-state index in [-0.39, 0.29) is 0 Å². The van der Waals surface area contributed by atoms with Gasteiger partial charge in [-0.25, -0.2) is 0 Å². The average molecular weight is 123 g/mol. The van der Waals surface area contributed by atoms with Crippen molar-refractivity contribution in [3.8, 4) is 0 Å². The molecule has 0 bridgehead atoms. The van der Waals surface area contributed by atoms with Crippen LogP contribution >= 0.6 is 0 Å². The molecule has 0 rings (SSSR count). The van der Waals surface area contributed by atoms with Crippen LogP contribution < -0.4 is 0 Å². The molecule has 9 heavy (non-hydrogen) atoms. The minimum absolute atomic E-state index is 1.05. The van der Waals surface area contributed by atoms with Crippen molar-refractivity contribution in [3.63, 3.8) is 0 Å². The fourth-order valence-corrected chi connectivity index (χ4v) is 0.519. The van der Waals surface area contributed by atoms with Gasteiger partial charge in [0.2, 0.25) is 0 Å². The van der Waals surface area contributed by atoms with Crippen molar-refractivity contribution in [2.75, 3.05) is 0 Å². The Hall–Kier alpha value is -0.520. The summed E-state index contributed by atoms with van der Waals surface area (Å²) in [6.07, 6.45) is 8.44. The highest BCUT2D eigenvalue weighted by Crippen LogP contribution is 1.99. The molecule has 0 aliphatic rings. The molecule has 0 heteroatoms. The van der Waals surface area contributed by atoms with Crippen molar-refractivity contribution in [1.82, 2.24) is 0 Å². The van der Waals surface area contributed by atoms with Crippen LogP contribution in [-0.4, -0.2) is 0 Å². The second kappa shape index (κ2) is 5.61. The molecule has 0 aromatic heterocycles. The monoisotopic (exact) mass is 123 g/mol. The predicted molar refractivity (Wildman–Crippen MR) is 43.2 cm³/mol. The van der Waals surface area contributed by atoms with Crippen LogP contribution in [0.2, 0.25) is 0 Å². The summed E-state index contributed by atoms with van der Waals surface area (Å²) in [5.41, 5.74) is 1.33. The maximum atomic E-state index is 3.67. The van der Waals surface area contributed by atoms with Crippen molar-refractivity contribution in [2.24, 2.45) is 0 Å². The Morgan fingerprint density at radius 1 is 1.44 bits per heavy atom. The van der Waals surface area contributed by atoms with Crippen LogP contribution in [0.5, 0.6) is 0 Å². The molecule has 0 amide bonds. The van der Waals surface area contributed by atoms with Gasteiger partial charge in [0.15, 0.2) is 0 Å². The first-order valence-corrected chi connectivity index (χ1v) is 3.41. The normalized spacial score (nSPS) is 13.0. The Morgan fingerprint density at radius 2 is 2.11 bits per heavy atom. The number of rotatable bonds is 3. The molecule has 0 fully saturated rings. The number of hydrogen-bond acceptors (Lipinski definition) is 0. The van der Waals surface area contributed by atoms with Gasteiger partial charge in [-0.2, -0.15) is 0 Å². The number of hydrogen-bond donors (Lipinski definition) is 0. The summed E-state index contributed by atoms with van der Waals surface area (Å²) in [7, 11) is 0. The summed E-state index contributed by atoms with van der Waals surface area (Å²) in [6, 6.07) is 0. The quantitative estimate of drug-likeness (QED) is 0.506. The third-order valence-electron chi connectivity index (χ3n) is 1.19. The van der Waals surface area contributed by atoms with Crippen molar-refractivity contribution in [2.45, 2.75) is 26.7 Å². The summed E-state index contributed by atoms with van der Waals surface area (Å²) in [6.45, 7) is 7.90. The van der Waals surface area contributed by atoms with Gasteiger partial charge in [-0.15, -0.1) is 0 Å². The van der Waals surface area contributed by atoms with Crippen LogP contribution in [0.4, 0.5) is 0 Å². The zero-order valence-corrected chi connectivity index (χ0v) is 6.35. The topological polar surface area (TPSA) is 0 Å². The van der Waals surface area contributed by atoms with Crippen molar-refractivity contribution in [1.29, 1.82) is 0 Å². The first kappa shape index (κ1) is 8.48. The Morgan fingerprint density at radius 3 is 2.56 bits per heavy atom. The first-order valence-electron chi connectivity index (χ1n) is 3.41. The molecule has 0 aliphatic heterocycles. The van der Waals surface area contributed by atoms with E-state index in [1.54, 1.807) is 0 Å². The maximum Gasteiger partial charge on any atom is -0.0142 e. The third-order valence-corrected chi connectivity index (χ3v) is 1.19. The van der Waals surface area contributed by atoms with Crippen LogP contribution in [0.15, 0.2) is 23.8 Å². The van der Waals surface area contributed by atoms with Crippen LogP contribution in [0, 0.1) is 6.92 Å². The molecule has 0 N–H and O–H groups in total. The summed E-state index contributed by atoms with van der Waals surface area (Å²) >= 11 is 0. The molecule has 0 heterocycles. The van der Waals surface area contributed by atoms with E-state index in [2.05, 4.69) is 32.9 Å².